The third-order valence-electron chi connectivity index (χ3n) is 4.82. The van der Waals surface area contributed by atoms with E-state index in [0.717, 1.165) is 28.8 Å². The zero-order chi connectivity index (χ0) is 19.6. The van der Waals surface area contributed by atoms with Gasteiger partial charge in [-0.25, -0.2) is 4.68 Å². The molecule has 1 aliphatic rings. The van der Waals surface area contributed by atoms with E-state index in [-0.39, 0.29) is 36.1 Å². The number of carbonyl (C=O) groups excluding carboxylic acids is 2. The highest BCUT2D eigenvalue weighted by molar-refractivity contribution is 6.06. The molecule has 7 nitrogen and oxygen atoms in total. The fourth-order valence-corrected chi connectivity index (χ4v) is 3.23. The van der Waals surface area contributed by atoms with Crippen LogP contribution in [0.15, 0.2) is 41.2 Å². The number of aromatic nitrogens is 2. The lowest BCUT2D eigenvalue weighted by molar-refractivity contribution is -0.122. The summed E-state index contributed by atoms with van der Waals surface area (Å²) in [5.74, 6) is -0.577. The molecular weight excluding hydrogens is 344 g/mol. The molecule has 2 unspecified atom stereocenters. The average Bonchev–Trinajstić information content (AvgIpc) is 2.98. The molecule has 2 heterocycles. The van der Waals surface area contributed by atoms with E-state index in [0.29, 0.717) is 0 Å². The van der Waals surface area contributed by atoms with Gasteiger partial charge in [-0.2, -0.15) is 5.10 Å². The quantitative estimate of drug-likeness (QED) is 0.871. The lowest BCUT2D eigenvalue weighted by Crippen LogP contribution is -2.40. The average molecular weight is 368 g/mol. The summed E-state index contributed by atoms with van der Waals surface area (Å²) in [5.41, 5.74) is 1.71. The van der Waals surface area contributed by atoms with E-state index in [4.69, 9.17) is 0 Å². The third-order valence-corrected chi connectivity index (χ3v) is 4.82. The Morgan fingerprint density at radius 1 is 1.26 bits per heavy atom. The fourth-order valence-electron chi connectivity index (χ4n) is 3.23. The van der Waals surface area contributed by atoms with Gasteiger partial charge in [-0.05, 0) is 44.4 Å². The largest absolute Gasteiger partial charge is 0.352 e. The Hall–Kier alpha value is -2.96. The van der Waals surface area contributed by atoms with E-state index >= 15 is 0 Å². The molecule has 1 N–H and O–H groups in total. The summed E-state index contributed by atoms with van der Waals surface area (Å²) >= 11 is 0. The van der Waals surface area contributed by atoms with Gasteiger partial charge in [-0.15, -0.1) is 0 Å². The van der Waals surface area contributed by atoms with Crippen molar-refractivity contribution >= 4 is 17.5 Å². The van der Waals surface area contributed by atoms with Crippen LogP contribution >= 0.6 is 0 Å². The van der Waals surface area contributed by atoms with Crippen LogP contribution in [0.5, 0.6) is 0 Å². The van der Waals surface area contributed by atoms with Crippen molar-refractivity contribution in [2.75, 3.05) is 4.90 Å². The number of fused-ring (bicyclic) bond motifs is 1. The molecule has 1 aliphatic heterocycles. The lowest BCUT2D eigenvalue weighted by Gasteiger charge is -2.22. The molecule has 1 aromatic carbocycles. The predicted octanol–water partition coefficient (Wildman–Crippen LogP) is 1.75. The number of para-hydroxylation sites is 1. The summed E-state index contributed by atoms with van der Waals surface area (Å²) in [6.07, 6.45) is 1.57. The summed E-state index contributed by atoms with van der Waals surface area (Å²) in [5, 5.41) is 6.94. The highest BCUT2D eigenvalue weighted by Gasteiger charge is 2.32. The molecule has 2 amide bonds. The maximum absolute atomic E-state index is 13.0. The maximum Gasteiger partial charge on any atom is 0.278 e. The number of nitrogens with one attached hydrogen (secondary N) is 1. The Morgan fingerprint density at radius 2 is 2.00 bits per heavy atom. The minimum atomic E-state index is -0.416. The molecule has 0 saturated carbocycles. The Morgan fingerprint density at radius 3 is 2.74 bits per heavy atom. The van der Waals surface area contributed by atoms with Gasteiger partial charge in [-0.1, -0.05) is 25.1 Å². The zero-order valence-electron chi connectivity index (χ0n) is 15.8. The van der Waals surface area contributed by atoms with Crippen molar-refractivity contribution in [2.45, 2.75) is 52.2 Å². The summed E-state index contributed by atoms with van der Waals surface area (Å²) in [4.78, 5) is 38.9. The van der Waals surface area contributed by atoms with Crippen LogP contribution in [0.2, 0.25) is 0 Å². The summed E-state index contributed by atoms with van der Waals surface area (Å²) in [7, 11) is 0. The van der Waals surface area contributed by atoms with Crippen LogP contribution < -0.4 is 15.8 Å². The number of carbonyl (C=O) groups is 2. The molecular formula is C20H24N4O3. The number of amides is 2. The van der Waals surface area contributed by atoms with Gasteiger partial charge in [0.05, 0.1) is 0 Å². The van der Waals surface area contributed by atoms with E-state index in [9.17, 15) is 14.4 Å². The molecule has 3 rings (SSSR count). The van der Waals surface area contributed by atoms with Gasteiger partial charge in [0.25, 0.3) is 11.5 Å². The first-order valence-electron chi connectivity index (χ1n) is 9.19. The molecule has 0 aliphatic carbocycles. The molecule has 0 bridgehead atoms. The lowest BCUT2D eigenvalue weighted by atomic mass is 10.1. The van der Waals surface area contributed by atoms with E-state index in [1.54, 1.807) is 4.90 Å². The highest BCUT2D eigenvalue weighted by atomic mass is 16.2. The Kier molecular flexibility index (Phi) is 5.39. The molecule has 0 fully saturated rings. The van der Waals surface area contributed by atoms with Crippen LogP contribution in [0.25, 0.3) is 0 Å². The summed E-state index contributed by atoms with van der Waals surface area (Å²) < 4.78 is 1.04. The van der Waals surface area contributed by atoms with Crippen LogP contribution in [0.1, 0.15) is 43.2 Å². The first kappa shape index (κ1) is 18.8. The molecule has 0 radical (unpaired) electrons. The van der Waals surface area contributed by atoms with Gasteiger partial charge in [0, 0.05) is 23.8 Å². The zero-order valence-corrected chi connectivity index (χ0v) is 15.8. The molecule has 7 heteroatoms. The molecule has 1 aromatic heterocycles. The van der Waals surface area contributed by atoms with E-state index in [1.807, 2.05) is 45.0 Å². The molecule has 27 heavy (non-hydrogen) atoms. The standard InChI is InChI=1S/C20H24N4O3/c1-4-13(2)21-18(25)12-23-19(26)10-9-16(22-23)20(27)24-14(3)11-15-7-5-6-8-17(15)24/h5-10,13-14H,4,11-12H2,1-3H3,(H,21,25). The van der Waals surface area contributed by atoms with Crippen LogP contribution in [-0.4, -0.2) is 33.7 Å². The minimum absolute atomic E-state index is 0.00535. The second kappa shape index (κ2) is 7.73. The van der Waals surface area contributed by atoms with Crippen molar-refractivity contribution in [1.82, 2.24) is 15.1 Å². The summed E-state index contributed by atoms with van der Waals surface area (Å²) in [6, 6.07) is 10.5. The minimum Gasteiger partial charge on any atom is -0.352 e. The van der Waals surface area contributed by atoms with Gasteiger partial charge < -0.3 is 10.2 Å². The van der Waals surface area contributed by atoms with Gasteiger partial charge in [0.15, 0.2) is 0 Å². The van der Waals surface area contributed by atoms with Crippen molar-refractivity contribution in [3.8, 4) is 0 Å². The van der Waals surface area contributed by atoms with Gasteiger partial charge in [0.2, 0.25) is 5.91 Å². The van der Waals surface area contributed by atoms with E-state index < -0.39 is 5.56 Å². The van der Waals surface area contributed by atoms with Crippen molar-refractivity contribution in [2.24, 2.45) is 0 Å². The fraction of sp³-hybridized carbons (Fsp3) is 0.400. The molecule has 2 atom stereocenters. The topological polar surface area (TPSA) is 84.3 Å². The second-order valence-electron chi connectivity index (χ2n) is 6.95. The van der Waals surface area contributed by atoms with E-state index in [2.05, 4.69) is 10.4 Å². The van der Waals surface area contributed by atoms with E-state index in [1.165, 1.54) is 12.1 Å². The Balaban J connectivity index is 1.84. The van der Waals surface area contributed by atoms with Crippen molar-refractivity contribution < 1.29 is 9.59 Å². The first-order valence-corrected chi connectivity index (χ1v) is 9.19. The third kappa shape index (κ3) is 3.92. The van der Waals surface area contributed by atoms with Gasteiger partial charge >= 0.3 is 0 Å². The van der Waals surface area contributed by atoms with Crippen LogP contribution in [0, 0.1) is 0 Å². The Labute approximate surface area is 158 Å². The molecule has 142 valence electrons. The number of rotatable bonds is 5. The first-order chi connectivity index (χ1) is 12.9. The highest BCUT2D eigenvalue weighted by Crippen LogP contribution is 2.32. The van der Waals surface area contributed by atoms with Crippen molar-refractivity contribution in [3.63, 3.8) is 0 Å². The number of benzene rings is 1. The SMILES string of the molecule is CCC(C)NC(=O)Cn1nc(C(=O)N2c3ccccc3CC2C)ccc1=O. The van der Waals surface area contributed by atoms with Crippen LogP contribution in [0.4, 0.5) is 5.69 Å². The molecule has 2 aromatic rings. The van der Waals surface area contributed by atoms with Crippen molar-refractivity contribution in [3.05, 3.63) is 58.0 Å². The predicted molar refractivity (Wildman–Crippen MR) is 103 cm³/mol. The van der Waals surface area contributed by atoms with Crippen LogP contribution in [0.3, 0.4) is 0 Å². The Bertz CT molecular complexity index is 921. The number of hydrogen-bond acceptors (Lipinski definition) is 4. The normalized spacial score (nSPS) is 16.7. The van der Waals surface area contributed by atoms with Gasteiger partial charge in [0.1, 0.15) is 12.2 Å². The number of nitrogens with zero attached hydrogens (tertiary/aromatic N) is 3. The number of hydrogen-bond donors (Lipinski definition) is 1. The maximum atomic E-state index is 13.0. The molecule has 0 saturated heterocycles. The molecule has 0 spiro atoms. The second-order valence-corrected chi connectivity index (χ2v) is 6.95. The van der Waals surface area contributed by atoms with Crippen LogP contribution in [-0.2, 0) is 17.8 Å². The number of anilines is 1. The smallest absolute Gasteiger partial charge is 0.278 e. The van der Waals surface area contributed by atoms with Crippen molar-refractivity contribution in [1.29, 1.82) is 0 Å². The van der Waals surface area contributed by atoms with Gasteiger partial charge in [-0.3, -0.25) is 14.4 Å². The summed E-state index contributed by atoms with van der Waals surface area (Å²) in [6.45, 7) is 5.62. The monoisotopic (exact) mass is 368 g/mol.